The first-order valence-electron chi connectivity index (χ1n) is 13.1. The Bertz CT molecular complexity index is 1040. The monoisotopic (exact) mass is 563 g/mol. The van der Waals surface area contributed by atoms with Crippen molar-refractivity contribution in [2.45, 2.75) is 81.5 Å². The second-order valence-electron chi connectivity index (χ2n) is 9.85. The molecule has 6 N–H and O–H groups in total. The number of ether oxygens (including phenoxy) is 5. The molecule has 2 fully saturated rings. The maximum absolute atomic E-state index is 12.0. The first-order valence-corrected chi connectivity index (χ1v) is 13.1. The largest absolute Gasteiger partial charge is 0.394 e. The summed E-state index contributed by atoms with van der Waals surface area (Å²) in [6.45, 7) is 0.876. The van der Waals surface area contributed by atoms with E-state index in [0.29, 0.717) is 0 Å². The van der Waals surface area contributed by atoms with Gasteiger partial charge in [0, 0.05) is 6.92 Å². The van der Waals surface area contributed by atoms with Crippen LogP contribution < -0.4 is 5.32 Å². The molecular weight excluding hydrogens is 526 g/mol. The number of hydrogen-bond donors (Lipinski definition) is 6. The van der Waals surface area contributed by atoms with E-state index in [0.717, 1.165) is 11.1 Å². The number of rotatable bonds is 11. The summed E-state index contributed by atoms with van der Waals surface area (Å²) in [6.07, 6.45) is -12.3. The number of benzene rings is 2. The molecule has 4 rings (SSSR count). The fourth-order valence-electron chi connectivity index (χ4n) is 4.77. The molecule has 2 saturated heterocycles. The van der Waals surface area contributed by atoms with Crippen LogP contribution in [0.4, 0.5) is 0 Å². The molecule has 2 aromatic carbocycles. The third-order valence-corrected chi connectivity index (χ3v) is 6.85. The highest BCUT2D eigenvalue weighted by atomic mass is 16.7. The predicted molar refractivity (Wildman–Crippen MR) is 138 cm³/mol. The van der Waals surface area contributed by atoms with Gasteiger partial charge >= 0.3 is 0 Å². The molecule has 10 atom stereocenters. The lowest BCUT2D eigenvalue weighted by Gasteiger charge is -2.47. The van der Waals surface area contributed by atoms with Gasteiger partial charge in [0.2, 0.25) is 5.91 Å². The molecule has 12 nitrogen and oxygen atoms in total. The van der Waals surface area contributed by atoms with Crippen LogP contribution in [0.1, 0.15) is 18.1 Å². The third kappa shape index (κ3) is 7.62. The molecule has 0 spiro atoms. The number of carbonyl (C=O) groups excluding carboxylic acids is 1. The van der Waals surface area contributed by atoms with Crippen molar-refractivity contribution in [3.8, 4) is 0 Å². The SMILES string of the molecule is CC(=O)N[C@@H]1[C@@H](OCc2ccccc2)[C@H](O[C@@H]2O[C@@H](CO)[C@@H](O)[C@H](O)[C@H]2O)[C@@H](COCc2ccccc2)O[C@@H]1O. The molecule has 0 aromatic heterocycles. The zero-order valence-corrected chi connectivity index (χ0v) is 22.1. The van der Waals surface area contributed by atoms with Gasteiger partial charge in [0.05, 0.1) is 26.4 Å². The van der Waals surface area contributed by atoms with Crippen molar-refractivity contribution in [2.75, 3.05) is 13.2 Å². The Labute approximate surface area is 232 Å². The van der Waals surface area contributed by atoms with Crippen LogP contribution in [-0.2, 0) is 41.7 Å². The molecule has 0 unspecified atom stereocenters. The average Bonchev–Trinajstić information content (AvgIpc) is 2.95. The lowest BCUT2D eigenvalue weighted by atomic mass is 9.95. The summed E-state index contributed by atoms with van der Waals surface area (Å²) in [5.41, 5.74) is 1.71. The predicted octanol–water partition coefficient (Wildman–Crippen LogP) is -0.804. The molecule has 2 aliphatic rings. The normalized spacial score (nSPS) is 34.4. The van der Waals surface area contributed by atoms with Crippen molar-refractivity contribution in [1.29, 1.82) is 0 Å². The number of amides is 1. The highest BCUT2D eigenvalue weighted by Crippen LogP contribution is 2.31. The maximum Gasteiger partial charge on any atom is 0.217 e. The van der Waals surface area contributed by atoms with E-state index in [1.807, 2.05) is 60.7 Å². The van der Waals surface area contributed by atoms with Gasteiger partial charge in [-0.15, -0.1) is 0 Å². The van der Waals surface area contributed by atoms with Crippen LogP contribution in [0.2, 0.25) is 0 Å². The summed E-state index contributed by atoms with van der Waals surface area (Å²) in [4.78, 5) is 12.0. The van der Waals surface area contributed by atoms with E-state index in [4.69, 9.17) is 23.7 Å². The average molecular weight is 564 g/mol. The van der Waals surface area contributed by atoms with Gasteiger partial charge in [-0.05, 0) is 11.1 Å². The zero-order chi connectivity index (χ0) is 28.6. The molecule has 0 bridgehead atoms. The summed E-state index contributed by atoms with van der Waals surface area (Å²) >= 11 is 0. The summed E-state index contributed by atoms with van der Waals surface area (Å²) in [7, 11) is 0. The van der Waals surface area contributed by atoms with Crippen molar-refractivity contribution in [3.63, 3.8) is 0 Å². The number of aliphatic hydroxyl groups excluding tert-OH is 5. The van der Waals surface area contributed by atoms with Crippen molar-refractivity contribution in [2.24, 2.45) is 0 Å². The van der Waals surface area contributed by atoms with Gasteiger partial charge < -0.3 is 54.5 Å². The van der Waals surface area contributed by atoms with Crippen molar-refractivity contribution < 1.29 is 54.0 Å². The van der Waals surface area contributed by atoms with Crippen molar-refractivity contribution >= 4 is 5.91 Å². The van der Waals surface area contributed by atoms with Gasteiger partial charge in [0.1, 0.15) is 48.8 Å². The Kier molecular flexibility index (Phi) is 11.0. The van der Waals surface area contributed by atoms with Gasteiger partial charge in [-0.25, -0.2) is 0 Å². The number of carbonyl (C=O) groups is 1. The second-order valence-corrected chi connectivity index (χ2v) is 9.85. The number of nitrogens with one attached hydrogen (secondary N) is 1. The molecular formula is C28H37NO11. The van der Waals surface area contributed by atoms with Gasteiger partial charge in [0.15, 0.2) is 12.6 Å². The molecule has 0 aliphatic carbocycles. The molecule has 1 amide bonds. The van der Waals surface area contributed by atoms with E-state index in [9.17, 15) is 30.3 Å². The number of hydrogen-bond acceptors (Lipinski definition) is 11. The fourth-order valence-corrected chi connectivity index (χ4v) is 4.77. The van der Waals surface area contributed by atoms with Gasteiger partial charge in [-0.2, -0.15) is 0 Å². The third-order valence-electron chi connectivity index (χ3n) is 6.85. The number of aliphatic hydroxyl groups is 5. The van der Waals surface area contributed by atoms with Crippen LogP contribution in [0.15, 0.2) is 60.7 Å². The molecule has 40 heavy (non-hydrogen) atoms. The van der Waals surface area contributed by atoms with E-state index in [-0.39, 0.29) is 19.8 Å². The summed E-state index contributed by atoms with van der Waals surface area (Å²) in [6, 6.07) is 17.5. The highest BCUT2D eigenvalue weighted by molar-refractivity contribution is 5.73. The molecule has 2 aromatic rings. The van der Waals surface area contributed by atoms with Crippen LogP contribution >= 0.6 is 0 Å². The van der Waals surface area contributed by atoms with E-state index < -0.39 is 73.9 Å². The quantitative estimate of drug-likeness (QED) is 0.202. The van der Waals surface area contributed by atoms with Gasteiger partial charge in [0.25, 0.3) is 0 Å². The van der Waals surface area contributed by atoms with Crippen LogP contribution in [0.5, 0.6) is 0 Å². The minimum absolute atomic E-state index is 0.0773. The Hall–Kier alpha value is -2.49. The Balaban J connectivity index is 1.60. The lowest BCUT2D eigenvalue weighted by molar-refractivity contribution is -0.349. The Morgan fingerprint density at radius 2 is 1.45 bits per heavy atom. The first kappa shape index (κ1) is 30.5. The van der Waals surface area contributed by atoms with E-state index in [1.165, 1.54) is 6.92 Å². The summed E-state index contributed by atoms with van der Waals surface area (Å²) in [5.74, 6) is -0.452. The smallest absolute Gasteiger partial charge is 0.217 e. The fraction of sp³-hybridized carbons (Fsp3) is 0.536. The van der Waals surface area contributed by atoms with Crippen LogP contribution in [-0.4, -0.2) is 106 Å². The zero-order valence-electron chi connectivity index (χ0n) is 22.1. The van der Waals surface area contributed by atoms with Crippen LogP contribution in [0, 0.1) is 0 Å². The molecule has 2 aliphatic heterocycles. The topological polar surface area (TPSA) is 176 Å². The summed E-state index contributed by atoms with van der Waals surface area (Å²) in [5, 5.41) is 54.3. The Morgan fingerprint density at radius 1 is 0.825 bits per heavy atom. The highest BCUT2D eigenvalue weighted by Gasteiger charge is 2.51. The van der Waals surface area contributed by atoms with Gasteiger partial charge in [-0.1, -0.05) is 60.7 Å². The van der Waals surface area contributed by atoms with Crippen molar-refractivity contribution in [1.82, 2.24) is 5.32 Å². The summed E-state index contributed by atoms with van der Waals surface area (Å²) < 4.78 is 29.6. The van der Waals surface area contributed by atoms with Crippen LogP contribution in [0.3, 0.4) is 0 Å². The van der Waals surface area contributed by atoms with Crippen LogP contribution in [0.25, 0.3) is 0 Å². The first-order chi connectivity index (χ1) is 19.3. The van der Waals surface area contributed by atoms with E-state index in [2.05, 4.69) is 5.32 Å². The molecule has 220 valence electrons. The molecule has 0 saturated carbocycles. The van der Waals surface area contributed by atoms with E-state index in [1.54, 1.807) is 0 Å². The molecule has 2 heterocycles. The lowest BCUT2D eigenvalue weighted by Crippen LogP contribution is -2.67. The second kappa shape index (κ2) is 14.4. The molecule has 0 radical (unpaired) electrons. The minimum atomic E-state index is -1.69. The van der Waals surface area contributed by atoms with Crippen molar-refractivity contribution in [3.05, 3.63) is 71.8 Å². The standard InChI is InChI=1S/C28H37NO11/c1-16(31)29-21-26(37-14-18-10-6-3-7-11-18)25(40-28-24(34)23(33)22(32)19(12-30)39-28)20(38-27(21)35)15-36-13-17-8-4-2-5-9-17/h2-11,19-28,30,32-35H,12-15H2,1H3,(H,29,31)/t19-,20+,21+,22+,23-,24+,25+,26+,27-,28-/m0/s1. The van der Waals surface area contributed by atoms with Gasteiger partial charge in [-0.3, -0.25) is 4.79 Å². The minimum Gasteiger partial charge on any atom is -0.394 e. The molecule has 12 heteroatoms. The van der Waals surface area contributed by atoms with E-state index >= 15 is 0 Å². The maximum atomic E-state index is 12.0. The Morgan fingerprint density at radius 3 is 2.05 bits per heavy atom.